The van der Waals surface area contributed by atoms with E-state index in [4.69, 9.17) is 5.11 Å². The van der Waals surface area contributed by atoms with Crippen molar-refractivity contribution in [3.8, 4) is 0 Å². The molecule has 1 aliphatic heterocycles. The summed E-state index contributed by atoms with van der Waals surface area (Å²) in [5.74, 6) is -0.862. The summed E-state index contributed by atoms with van der Waals surface area (Å²) in [6, 6.07) is 1.94. The number of nitrogens with zero attached hydrogens (tertiary/aromatic N) is 1. The van der Waals surface area contributed by atoms with Gasteiger partial charge in [0.25, 0.3) is 11.8 Å². The van der Waals surface area contributed by atoms with Crippen molar-refractivity contribution < 1.29 is 14.7 Å². The summed E-state index contributed by atoms with van der Waals surface area (Å²) >= 11 is 6.95. The fraction of sp³-hybridized carbons (Fsp3) is 0.286. The number of benzene rings is 1. The number of nitrogens with one attached hydrogen (secondary N) is 1. The fourth-order valence-electron chi connectivity index (χ4n) is 2.00. The second-order valence-corrected chi connectivity index (χ2v) is 6.34. The Kier molecular flexibility index (Phi) is 4.85. The van der Waals surface area contributed by atoms with Gasteiger partial charge in [0.2, 0.25) is 0 Å². The third-order valence-electron chi connectivity index (χ3n) is 3.31. The Hall–Kier alpha value is -1.18. The van der Waals surface area contributed by atoms with Gasteiger partial charge in [0.15, 0.2) is 0 Å². The van der Waals surface area contributed by atoms with Crippen molar-refractivity contribution in [2.24, 2.45) is 0 Å². The normalized spacial score (nSPS) is 14.7. The smallest absolute Gasteiger partial charge is 0.277 e. The van der Waals surface area contributed by atoms with E-state index in [9.17, 15) is 9.59 Å². The largest absolute Gasteiger partial charge is 0.395 e. The molecular formula is C14H14Br2N2O3. The molecule has 0 aliphatic carbocycles. The van der Waals surface area contributed by atoms with Crippen molar-refractivity contribution in [3.63, 3.8) is 0 Å². The SMILES string of the molecule is Cc1cc(Br)c(NC2=CC(=O)N(CCO)C2=O)c(Br)c1C. The van der Waals surface area contributed by atoms with Gasteiger partial charge in [-0.05, 0) is 62.9 Å². The molecular weight excluding hydrogens is 404 g/mol. The highest BCUT2D eigenvalue weighted by atomic mass is 79.9. The van der Waals surface area contributed by atoms with Crippen LogP contribution in [0.15, 0.2) is 26.8 Å². The van der Waals surface area contributed by atoms with Crippen LogP contribution in [0.2, 0.25) is 0 Å². The van der Waals surface area contributed by atoms with Crippen molar-refractivity contribution in [2.45, 2.75) is 13.8 Å². The van der Waals surface area contributed by atoms with Crippen LogP contribution in [0, 0.1) is 13.8 Å². The molecule has 0 saturated heterocycles. The summed E-state index contributed by atoms with van der Waals surface area (Å²) in [5, 5.41) is 11.9. The van der Waals surface area contributed by atoms with E-state index in [1.165, 1.54) is 6.08 Å². The second kappa shape index (κ2) is 6.29. The van der Waals surface area contributed by atoms with Crippen molar-refractivity contribution in [1.29, 1.82) is 0 Å². The molecule has 0 bridgehead atoms. The topological polar surface area (TPSA) is 69.6 Å². The highest BCUT2D eigenvalue weighted by Gasteiger charge is 2.31. The van der Waals surface area contributed by atoms with E-state index in [2.05, 4.69) is 37.2 Å². The van der Waals surface area contributed by atoms with E-state index in [1.807, 2.05) is 19.9 Å². The molecule has 0 radical (unpaired) electrons. The van der Waals surface area contributed by atoms with Crippen LogP contribution in [0.4, 0.5) is 5.69 Å². The van der Waals surface area contributed by atoms with E-state index < -0.39 is 11.8 Å². The minimum Gasteiger partial charge on any atom is -0.395 e. The molecule has 0 aromatic heterocycles. The van der Waals surface area contributed by atoms with E-state index >= 15 is 0 Å². The van der Waals surface area contributed by atoms with Crippen LogP contribution in [0.3, 0.4) is 0 Å². The molecule has 1 aromatic carbocycles. The maximum atomic E-state index is 12.1. The zero-order valence-electron chi connectivity index (χ0n) is 11.5. The minimum atomic E-state index is -0.439. The number of carbonyl (C=O) groups is 2. The average molecular weight is 418 g/mol. The molecule has 0 unspecified atom stereocenters. The van der Waals surface area contributed by atoms with E-state index in [0.29, 0.717) is 5.69 Å². The quantitative estimate of drug-likeness (QED) is 0.738. The molecule has 21 heavy (non-hydrogen) atoms. The van der Waals surface area contributed by atoms with E-state index in [-0.39, 0.29) is 18.8 Å². The lowest BCUT2D eigenvalue weighted by atomic mass is 10.1. The van der Waals surface area contributed by atoms with Gasteiger partial charge in [-0.2, -0.15) is 0 Å². The van der Waals surface area contributed by atoms with Gasteiger partial charge in [-0.25, -0.2) is 0 Å². The number of aliphatic hydroxyl groups is 1. The summed E-state index contributed by atoms with van der Waals surface area (Å²) in [5.41, 5.74) is 3.03. The number of hydrogen-bond donors (Lipinski definition) is 2. The number of imide groups is 1. The van der Waals surface area contributed by atoms with E-state index in [1.54, 1.807) is 0 Å². The van der Waals surface area contributed by atoms with Crippen molar-refractivity contribution in [3.05, 3.63) is 37.9 Å². The van der Waals surface area contributed by atoms with Crippen molar-refractivity contribution >= 4 is 49.4 Å². The van der Waals surface area contributed by atoms with Gasteiger partial charge in [-0.15, -0.1) is 0 Å². The van der Waals surface area contributed by atoms with Gasteiger partial charge in [0, 0.05) is 15.0 Å². The lowest BCUT2D eigenvalue weighted by molar-refractivity contribution is -0.137. The lowest BCUT2D eigenvalue weighted by Gasteiger charge is -2.16. The average Bonchev–Trinajstić information content (AvgIpc) is 2.69. The molecule has 5 nitrogen and oxygen atoms in total. The third-order valence-corrected chi connectivity index (χ3v) is 4.93. The van der Waals surface area contributed by atoms with Gasteiger partial charge >= 0.3 is 0 Å². The fourth-order valence-corrected chi connectivity index (χ4v) is 3.53. The van der Waals surface area contributed by atoms with Crippen molar-refractivity contribution in [1.82, 2.24) is 4.90 Å². The maximum Gasteiger partial charge on any atom is 0.277 e. The first-order valence-corrected chi connectivity index (χ1v) is 7.86. The van der Waals surface area contributed by atoms with Gasteiger partial charge in [-0.3, -0.25) is 14.5 Å². The molecule has 1 aliphatic rings. The number of rotatable bonds is 4. The molecule has 0 saturated carbocycles. The maximum absolute atomic E-state index is 12.1. The molecule has 2 amide bonds. The Bertz CT molecular complexity index is 656. The molecule has 1 aromatic rings. The molecule has 2 rings (SSSR count). The molecule has 1 heterocycles. The zero-order chi connectivity index (χ0) is 15.7. The minimum absolute atomic E-state index is 0.00535. The summed E-state index contributed by atoms with van der Waals surface area (Å²) in [4.78, 5) is 24.8. The van der Waals surface area contributed by atoms with Crippen LogP contribution < -0.4 is 5.32 Å². The summed E-state index contributed by atoms with van der Waals surface area (Å²) in [6.45, 7) is 3.69. The van der Waals surface area contributed by atoms with Gasteiger partial charge < -0.3 is 10.4 Å². The monoisotopic (exact) mass is 416 g/mol. The number of amides is 2. The summed E-state index contributed by atoms with van der Waals surface area (Å²) in [6.07, 6.45) is 1.24. The number of hydrogen-bond acceptors (Lipinski definition) is 4. The van der Waals surface area contributed by atoms with Crippen LogP contribution in [-0.2, 0) is 9.59 Å². The number of anilines is 1. The zero-order valence-corrected chi connectivity index (χ0v) is 14.7. The highest BCUT2D eigenvalue weighted by molar-refractivity contribution is 9.11. The Morgan fingerprint density at radius 1 is 1.29 bits per heavy atom. The molecule has 112 valence electrons. The third kappa shape index (κ3) is 3.04. The van der Waals surface area contributed by atoms with Crippen molar-refractivity contribution in [2.75, 3.05) is 18.5 Å². The number of carbonyl (C=O) groups excluding carboxylic acids is 2. The van der Waals surface area contributed by atoms with Crippen LogP contribution in [0.25, 0.3) is 0 Å². The number of aliphatic hydroxyl groups excluding tert-OH is 1. The standard InChI is InChI=1S/C14H14Br2N2O3/c1-7-5-9(15)13(12(16)8(7)2)17-10-6-11(20)18(3-4-19)14(10)21/h5-6,17,19H,3-4H2,1-2H3. The second-order valence-electron chi connectivity index (χ2n) is 4.69. The van der Waals surface area contributed by atoms with Crippen LogP contribution in [0.5, 0.6) is 0 Å². The summed E-state index contributed by atoms with van der Waals surface area (Å²) in [7, 11) is 0. The van der Waals surface area contributed by atoms with Gasteiger partial charge in [-0.1, -0.05) is 0 Å². The first-order chi connectivity index (χ1) is 9.86. The number of β-amino-alcohol motifs (C(OH)–C–C–N with tert-alkyl or cyclic N) is 1. The van der Waals surface area contributed by atoms with E-state index in [0.717, 1.165) is 25.0 Å². The Labute approximate surface area is 139 Å². The number of halogens is 2. The summed E-state index contributed by atoms with van der Waals surface area (Å²) < 4.78 is 1.62. The molecule has 0 atom stereocenters. The molecule has 7 heteroatoms. The molecule has 2 N–H and O–H groups in total. The Morgan fingerprint density at radius 2 is 1.95 bits per heavy atom. The predicted molar refractivity (Wildman–Crippen MR) is 86.8 cm³/mol. The first kappa shape index (κ1) is 16.2. The molecule has 0 spiro atoms. The Morgan fingerprint density at radius 3 is 2.57 bits per heavy atom. The van der Waals surface area contributed by atoms with Gasteiger partial charge in [0.05, 0.1) is 18.8 Å². The van der Waals surface area contributed by atoms with Crippen LogP contribution in [-0.4, -0.2) is 35.0 Å². The predicted octanol–water partition coefficient (Wildman–Crippen LogP) is 2.49. The lowest BCUT2D eigenvalue weighted by Crippen LogP contribution is -2.34. The van der Waals surface area contributed by atoms with Gasteiger partial charge in [0.1, 0.15) is 5.70 Å². The first-order valence-electron chi connectivity index (χ1n) is 6.27. The highest BCUT2D eigenvalue weighted by Crippen LogP contribution is 2.37. The van der Waals surface area contributed by atoms with Crippen LogP contribution >= 0.6 is 31.9 Å². The number of aryl methyl sites for hydroxylation is 1. The molecule has 0 fully saturated rings. The Balaban J connectivity index is 2.32. The van der Waals surface area contributed by atoms with Crippen LogP contribution in [0.1, 0.15) is 11.1 Å².